The Kier molecular flexibility index (Phi) is 8.63. The molecule has 1 amide bonds. The molecule has 5 rings (SSSR count). The van der Waals surface area contributed by atoms with Gasteiger partial charge in [0, 0.05) is 24.4 Å². The standard InChI is InChI=1S/C34H42N2O7/c1-5-22-18-34(22,32(40)41)19-28(37)27-16-24(43-30-25-13-9-6-10-21(25)14-15-35-30)20-36(27)31(39)26(33(2,3)4)17-29(38)42-23-11-7-8-12-23/h5-6,9-10,13-15,22-24,26-27H,1,7-8,11-12,16-20H2,2-4H3,(H,40,41)/t22-,24-,26-,27+,34-/m1/s1. The number of ketones is 1. The quantitative estimate of drug-likeness (QED) is 0.274. The second-order valence-corrected chi connectivity index (χ2v) is 13.5. The van der Waals surface area contributed by atoms with Crippen molar-refractivity contribution in [3.63, 3.8) is 0 Å². The number of ether oxygens (including phenoxy) is 2. The number of carbonyl (C=O) groups excluding carboxylic acids is 3. The highest BCUT2D eigenvalue weighted by Crippen LogP contribution is 2.56. The molecular weight excluding hydrogens is 548 g/mol. The number of aromatic nitrogens is 1. The molecule has 2 aromatic rings. The van der Waals surface area contributed by atoms with E-state index in [4.69, 9.17) is 9.47 Å². The molecule has 2 heterocycles. The second-order valence-electron chi connectivity index (χ2n) is 13.5. The minimum atomic E-state index is -1.20. The SMILES string of the molecule is C=C[C@@H]1C[C@]1(CC(=O)[C@@H]1C[C@@H](Oc2nccc3ccccc23)CN1C(=O)[C@@H](CC(=O)OC1CCCC1)C(C)(C)C)C(=O)O. The van der Waals surface area contributed by atoms with E-state index in [0.717, 1.165) is 36.5 Å². The minimum absolute atomic E-state index is 0.0930. The lowest BCUT2D eigenvalue weighted by Gasteiger charge is -2.35. The number of nitrogens with zero attached hydrogens (tertiary/aromatic N) is 2. The van der Waals surface area contributed by atoms with E-state index in [9.17, 15) is 24.3 Å². The molecule has 9 nitrogen and oxygen atoms in total. The Bertz CT molecular complexity index is 1400. The number of pyridine rings is 1. The number of rotatable bonds is 11. The molecule has 0 unspecified atom stereocenters. The van der Waals surface area contributed by atoms with Crippen LogP contribution in [-0.2, 0) is 23.9 Å². The topological polar surface area (TPSA) is 123 Å². The van der Waals surface area contributed by atoms with Crippen LogP contribution in [0.3, 0.4) is 0 Å². The molecule has 1 aliphatic heterocycles. The van der Waals surface area contributed by atoms with E-state index in [1.54, 1.807) is 12.3 Å². The Morgan fingerprint density at radius 3 is 2.51 bits per heavy atom. The van der Waals surface area contributed by atoms with Crippen LogP contribution >= 0.6 is 0 Å². The van der Waals surface area contributed by atoms with Crippen LogP contribution < -0.4 is 4.74 Å². The lowest BCUT2D eigenvalue weighted by atomic mass is 9.77. The fraction of sp³-hybridized carbons (Fsp3) is 0.559. The summed E-state index contributed by atoms with van der Waals surface area (Å²) in [5, 5.41) is 11.7. The third-order valence-corrected chi connectivity index (χ3v) is 9.48. The van der Waals surface area contributed by atoms with Crippen molar-refractivity contribution in [3.05, 3.63) is 49.2 Å². The summed E-state index contributed by atoms with van der Waals surface area (Å²) in [6, 6.07) is 8.68. The van der Waals surface area contributed by atoms with Gasteiger partial charge in [0.15, 0.2) is 5.78 Å². The molecule has 0 radical (unpaired) electrons. The third kappa shape index (κ3) is 6.45. The molecule has 0 bridgehead atoms. The number of allylic oxidation sites excluding steroid dienone is 1. The van der Waals surface area contributed by atoms with Gasteiger partial charge in [0.05, 0.1) is 30.3 Å². The van der Waals surface area contributed by atoms with Crippen LogP contribution in [0.2, 0.25) is 0 Å². The number of aliphatic carboxylic acids is 1. The molecule has 9 heteroatoms. The number of esters is 1. The number of Topliss-reactive ketones (excluding diaryl/α,β-unsaturated/α-hetero) is 1. The first-order valence-corrected chi connectivity index (χ1v) is 15.3. The van der Waals surface area contributed by atoms with E-state index < -0.39 is 40.8 Å². The molecule has 1 aromatic carbocycles. The van der Waals surface area contributed by atoms with Gasteiger partial charge in [-0.05, 0) is 61.0 Å². The number of carbonyl (C=O) groups is 4. The number of likely N-dealkylation sites (tertiary alicyclic amines) is 1. The van der Waals surface area contributed by atoms with Gasteiger partial charge in [0.1, 0.15) is 12.2 Å². The number of amides is 1. The van der Waals surface area contributed by atoms with E-state index >= 15 is 0 Å². The van der Waals surface area contributed by atoms with Gasteiger partial charge in [-0.3, -0.25) is 19.2 Å². The monoisotopic (exact) mass is 590 g/mol. The molecule has 0 spiro atoms. The Morgan fingerprint density at radius 1 is 1.14 bits per heavy atom. The summed E-state index contributed by atoms with van der Waals surface area (Å²) in [5.74, 6) is -2.71. The average molecular weight is 591 g/mol. The highest BCUT2D eigenvalue weighted by atomic mass is 16.5. The van der Waals surface area contributed by atoms with E-state index in [2.05, 4.69) is 11.6 Å². The van der Waals surface area contributed by atoms with Crippen molar-refractivity contribution in [2.75, 3.05) is 6.54 Å². The first kappa shape index (κ1) is 30.7. The zero-order chi connectivity index (χ0) is 30.9. The van der Waals surface area contributed by atoms with Crippen LogP contribution in [0.15, 0.2) is 49.2 Å². The summed E-state index contributed by atoms with van der Waals surface area (Å²) in [4.78, 5) is 59.3. The predicted molar refractivity (Wildman–Crippen MR) is 160 cm³/mol. The van der Waals surface area contributed by atoms with Crippen molar-refractivity contribution < 1.29 is 33.8 Å². The van der Waals surface area contributed by atoms with Crippen LogP contribution in [0.1, 0.15) is 72.1 Å². The van der Waals surface area contributed by atoms with Gasteiger partial charge in [-0.25, -0.2) is 4.98 Å². The lowest BCUT2D eigenvalue weighted by molar-refractivity contribution is -0.156. The number of hydrogen-bond donors (Lipinski definition) is 1. The van der Waals surface area contributed by atoms with Gasteiger partial charge in [-0.1, -0.05) is 45.0 Å². The van der Waals surface area contributed by atoms with Crippen molar-refractivity contribution in [1.29, 1.82) is 0 Å². The number of carboxylic acid groups (broad SMARTS) is 1. The van der Waals surface area contributed by atoms with Crippen molar-refractivity contribution >= 4 is 34.4 Å². The van der Waals surface area contributed by atoms with Crippen molar-refractivity contribution in [2.45, 2.75) is 90.4 Å². The molecule has 230 valence electrons. The van der Waals surface area contributed by atoms with E-state index in [-0.39, 0.29) is 49.5 Å². The fourth-order valence-electron chi connectivity index (χ4n) is 6.74. The first-order chi connectivity index (χ1) is 20.4. The molecule has 1 aromatic heterocycles. The van der Waals surface area contributed by atoms with Crippen LogP contribution in [-0.4, -0.2) is 63.4 Å². The Morgan fingerprint density at radius 2 is 1.86 bits per heavy atom. The van der Waals surface area contributed by atoms with E-state index in [1.807, 2.05) is 51.1 Å². The Hall–Kier alpha value is -3.75. The molecule has 2 saturated carbocycles. The van der Waals surface area contributed by atoms with E-state index in [0.29, 0.717) is 12.3 Å². The van der Waals surface area contributed by atoms with Crippen LogP contribution in [0.5, 0.6) is 5.88 Å². The maximum atomic E-state index is 14.3. The van der Waals surface area contributed by atoms with Crippen LogP contribution in [0, 0.1) is 22.7 Å². The summed E-state index contributed by atoms with van der Waals surface area (Å²) < 4.78 is 12.0. The van der Waals surface area contributed by atoms with Gasteiger partial charge in [-0.15, -0.1) is 6.58 Å². The number of carboxylic acids is 1. The molecule has 43 heavy (non-hydrogen) atoms. The average Bonchev–Trinajstić information content (AvgIpc) is 3.24. The number of fused-ring (bicyclic) bond motifs is 1. The molecular formula is C34H42N2O7. The molecule has 3 aliphatic rings. The van der Waals surface area contributed by atoms with Gasteiger partial charge in [0.2, 0.25) is 11.8 Å². The summed E-state index contributed by atoms with van der Waals surface area (Å²) >= 11 is 0. The molecule has 5 atom stereocenters. The van der Waals surface area contributed by atoms with Gasteiger partial charge in [0.25, 0.3) is 0 Å². The summed E-state index contributed by atoms with van der Waals surface area (Å²) in [6.45, 7) is 9.56. The summed E-state index contributed by atoms with van der Waals surface area (Å²) in [6.07, 6.45) is 6.55. The number of hydrogen-bond acceptors (Lipinski definition) is 7. The Labute approximate surface area is 252 Å². The van der Waals surface area contributed by atoms with Crippen molar-refractivity contribution in [1.82, 2.24) is 9.88 Å². The maximum Gasteiger partial charge on any atom is 0.310 e. The zero-order valence-corrected chi connectivity index (χ0v) is 25.3. The smallest absolute Gasteiger partial charge is 0.310 e. The van der Waals surface area contributed by atoms with Gasteiger partial charge >= 0.3 is 11.9 Å². The maximum absolute atomic E-state index is 14.3. The lowest BCUT2D eigenvalue weighted by Crippen LogP contribution is -2.48. The predicted octanol–water partition coefficient (Wildman–Crippen LogP) is 5.36. The van der Waals surface area contributed by atoms with Crippen LogP contribution in [0.25, 0.3) is 10.8 Å². The first-order valence-electron chi connectivity index (χ1n) is 15.3. The minimum Gasteiger partial charge on any atom is -0.481 e. The van der Waals surface area contributed by atoms with E-state index in [1.165, 1.54) is 4.90 Å². The Balaban J connectivity index is 1.40. The zero-order valence-electron chi connectivity index (χ0n) is 25.3. The van der Waals surface area contributed by atoms with Gasteiger partial charge in [-0.2, -0.15) is 0 Å². The molecule has 1 saturated heterocycles. The highest BCUT2D eigenvalue weighted by Gasteiger charge is 2.61. The molecule has 2 aliphatic carbocycles. The number of benzene rings is 1. The van der Waals surface area contributed by atoms with Gasteiger partial charge < -0.3 is 19.5 Å². The van der Waals surface area contributed by atoms with Crippen molar-refractivity contribution in [3.8, 4) is 5.88 Å². The third-order valence-electron chi connectivity index (χ3n) is 9.48. The molecule has 1 N–H and O–H groups in total. The normalized spacial score (nSPS) is 26.2. The summed E-state index contributed by atoms with van der Waals surface area (Å²) in [7, 11) is 0. The van der Waals surface area contributed by atoms with Crippen LogP contribution in [0.4, 0.5) is 0 Å². The molecule has 3 fully saturated rings. The van der Waals surface area contributed by atoms with Crippen molar-refractivity contribution in [2.24, 2.45) is 22.7 Å². The summed E-state index contributed by atoms with van der Waals surface area (Å²) in [5.41, 5.74) is -1.79. The second kappa shape index (κ2) is 12.1. The fourth-order valence-corrected chi connectivity index (χ4v) is 6.74. The highest BCUT2D eigenvalue weighted by molar-refractivity contribution is 5.95. The largest absolute Gasteiger partial charge is 0.481 e.